The Morgan fingerprint density at radius 1 is 0.870 bits per heavy atom. The standard InChI is InChI=1S/C20H36INO/c1-2-3-4-5-9-12-20(23)22-19-15-13-18(14-16-19)21-17-10-7-6-8-11-17/h17-19H,2-16H2,1H3/p+1. The highest BCUT2D eigenvalue weighted by atomic mass is 127. The molecule has 3 heteroatoms. The molecular weight excluding hydrogens is 397 g/mol. The van der Waals surface area contributed by atoms with Crippen molar-refractivity contribution in [1.82, 2.24) is 5.32 Å². The number of halogens is 1. The normalized spacial score (nSPS) is 26.1. The molecule has 0 aromatic carbocycles. The molecule has 0 aliphatic heterocycles. The molecule has 2 aliphatic rings. The minimum absolute atomic E-state index is 0.312. The van der Waals surface area contributed by atoms with E-state index in [1.807, 2.05) is 0 Å². The van der Waals surface area contributed by atoms with E-state index >= 15 is 0 Å². The van der Waals surface area contributed by atoms with Gasteiger partial charge in [-0.1, -0.05) is 39.0 Å². The van der Waals surface area contributed by atoms with Gasteiger partial charge in [-0.3, -0.25) is 4.79 Å². The zero-order chi connectivity index (χ0) is 16.3. The van der Waals surface area contributed by atoms with Crippen LogP contribution in [0.2, 0.25) is 0 Å². The summed E-state index contributed by atoms with van der Waals surface area (Å²) in [6.07, 6.45) is 19.7. The van der Waals surface area contributed by atoms with E-state index in [1.165, 1.54) is 83.5 Å². The lowest BCUT2D eigenvalue weighted by molar-refractivity contribution is -0.726. The molecule has 0 spiro atoms. The molecule has 2 fully saturated rings. The molecule has 0 radical (unpaired) electrons. The summed E-state index contributed by atoms with van der Waals surface area (Å²) < 4.78 is 2.18. The lowest BCUT2D eigenvalue weighted by atomic mass is 9.95. The third-order valence-corrected chi connectivity index (χ3v) is 9.95. The monoisotopic (exact) mass is 434 g/mol. The van der Waals surface area contributed by atoms with Crippen LogP contribution in [0.1, 0.15) is 103 Å². The number of unbranched alkanes of at least 4 members (excludes halogenated alkanes) is 4. The van der Waals surface area contributed by atoms with Crippen molar-refractivity contribution in [3.63, 3.8) is 0 Å². The van der Waals surface area contributed by atoms with Gasteiger partial charge in [0.25, 0.3) is 21.2 Å². The Bertz CT molecular complexity index is 320. The molecule has 0 atom stereocenters. The molecule has 2 saturated carbocycles. The van der Waals surface area contributed by atoms with Gasteiger partial charge in [0.2, 0.25) is 5.91 Å². The van der Waals surface area contributed by atoms with Crippen molar-refractivity contribution in [1.29, 1.82) is 0 Å². The molecule has 1 N–H and O–H groups in total. The van der Waals surface area contributed by atoms with Crippen LogP contribution in [-0.4, -0.2) is 19.8 Å². The fourth-order valence-electron chi connectivity index (χ4n) is 3.94. The van der Waals surface area contributed by atoms with Gasteiger partial charge >= 0.3 is 0 Å². The first-order valence-corrected chi connectivity index (χ1v) is 12.7. The molecule has 134 valence electrons. The molecular formula is C20H37INO+. The van der Waals surface area contributed by atoms with Crippen molar-refractivity contribution < 1.29 is 26.0 Å². The Labute approximate surface area is 154 Å². The molecule has 2 aliphatic carbocycles. The van der Waals surface area contributed by atoms with Crippen LogP contribution in [0.3, 0.4) is 0 Å². The van der Waals surface area contributed by atoms with E-state index < -0.39 is 0 Å². The Morgan fingerprint density at radius 2 is 1.52 bits per heavy atom. The van der Waals surface area contributed by atoms with Gasteiger partial charge < -0.3 is 5.32 Å². The molecule has 1 amide bonds. The molecule has 0 bridgehead atoms. The third-order valence-electron chi connectivity index (χ3n) is 5.42. The second-order valence-electron chi connectivity index (χ2n) is 7.54. The maximum atomic E-state index is 12.0. The Hall–Kier alpha value is 0.200. The minimum atomic E-state index is 0.312. The summed E-state index contributed by atoms with van der Waals surface area (Å²) in [5.74, 6) is 0.312. The topological polar surface area (TPSA) is 29.1 Å². The van der Waals surface area contributed by atoms with Crippen LogP contribution < -0.4 is 26.5 Å². The summed E-state index contributed by atoms with van der Waals surface area (Å²) in [5, 5.41) is 3.31. The largest absolute Gasteiger partial charge is 0.353 e. The van der Waals surface area contributed by atoms with E-state index in [2.05, 4.69) is 12.2 Å². The zero-order valence-electron chi connectivity index (χ0n) is 15.1. The summed E-state index contributed by atoms with van der Waals surface area (Å²) >= 11 is 0.413. The van der Waals surface area contributed by atoms with E-state index in [9.17, 15) is 4.79 Å². The highest BCUT2D eigenvalue weighted by Gasteiger charge is 2.36. The number of carbonyl (C=O) groups excluding carboxylic acids is 1. The first-order chi connectivity index (χ1) is 11.3. The van der Waals surface area contributed by atoms with Crippen LogP contribution in [0.25, 0.3) is 0 Å². The number of amides is 1. The Balaban J connectivity index is 1.52. The number of hydrogen-bond donors (Lipinski definition) is 1. The molecule has 0 aromatic rings. The van der Waals surface area contributed by atoms with Gasteiger partial charge in [-0.25, -0.2) is 0 Å². The zero-order valence-corrected chi connectivity index (χ0v) is 17.3. The van der Waals surface area contributed by atoms with Gasteiger partial charge in [0, 0.05) is 12.5 Å². The SMILES string of the molecule is CCCCCCCC(=O)NC1CCC([I+]C2CCCCC2)CC1. The molecule has 2 rings (SSSR count). The Morgan fingerprint density at radius 3 is 2.22 bits per heavy atom. The van der Waals surface area contributed by atoms with E-state index in [1.54, 1.807) is 0 Å². The van der Waals surface area contributed by atoms with Gasteiger partial charge in [0.15, 0.2) is 7.85 Å². The van der Waals surface area contributed by atoms with Crippen LogP contribution >= 0.6 is 0 Å². The summed E-state index contributed by atoms with van der Waals surface area (Å²) in [7, 11) is 0. The Kier molecular flexibility index (Phi) is 9.93. The van der Waals surface area contributed by atoms with Crippen molar-refractivity contribution in [2.45, 2.75) is 117 Å². The maximum Gasteiger partial charge on any atom is 0.275 e. The lowest BCUT2D eigenvalue weighted by Crippen LogP contribution is -3.68. The van der Waals surface area contributed by atoms with E-state index in [-0.39, 0.29) is 0 Å². The first-order valence-electron chi connectivity index (χ1n) is 10.2. The van der Waals surface area contributed by atoms with Gasteiger partial charge in [-0.05, 0) is 57.8 Å². The average Bonchev–Trinajstić information content (AvgIpc) is 2.57. The van der Waals surface area contributed by atoms with E-state index in [4.69, 9.17) is 0 Å². The number of hydrogen-bond acceptors (Lipinski definition) is 1. The number of nitrogens with one attached hydrogen (secondary N) is 1. The highest BCUT2D eigenvalue weighted by molar-refractivity contribution is 5.76. The quantitative estimate of drug-likeness (QED) is 0.337. The molecule has 0 heterocycles. The fraction of sp³-hybridized carbons (Fsp3) is 0.950. The first kappa shape index (κ1) is 19.5. The van der Waals surface area contributed by atoms with E-state index in [0.29, 0.717) is 33.2 Å². The summed E-state index contributed by atoms with van der Waals surface area (Å²) in [5.41, 5.74) is 0. The van der Waals surface area contributed by atoms with Crippen LogP contribution in [0, 0.1) is 0 Å². The number of alkyl halides is 2. The predicted octanol–water partition coefficient (Wildman–Crippen LogP) is 2.20. The summed E-state index contributed by atoms with van der Waals surface area (Å²) in [6, 6.07) is 0.491. The molecule has 0 unspecified atom stereocenters. The predicted molar refractivity (Wildman–Crippen MR) is 94.4 cm³/mol. The van der Waals surface area contributed by atoms with Crippen LogP contribution in [0.15, 0.2) is 0 Å². The molecule has 2 nitrogen and oxygen atoms in total. The van der Waals surface area contributed by atoms with Gasteiger partial charge in [-0.15, -0.1) is 0 Å². The lowest BCUT2D eigenvalue weighted by Gasteiger charge is -2.25. The molecule has 0 saturated heterocycles. The van der Waals surface area contributed by atoms with Crippen LogP contribution in [0.5, 0.6) is 0 Å². The number of carbonyl (C=O) groups is 1. The average molecular weight is 434 g/mol. The van der Waals surface area contributed by atoms with Gasteiger partial charge in [0.1, 0.15) is 0 Å². The van der Waals surface area contributed by atoms with Crippen molar-refractivity contribution in [2.75, 3.05) is 0 Å². The smallest absolute Gasteiger partial charge is 0.275 e. The van der Waals surface area contributed by atoms with Gasteiger partial charge in [-0.2, -0.15) is 0 Å². The maximum absolute atomic E-state index is 12.0. The second-order valence-corrected chi connectivity index (χ2v) is 11.8. The third kappa shape index (κ3) is 8.22. The van der Waals surface area contributed by atoms with Crippen molar-refractivity contribution in [2.24, 2.45) is 0 Å². The highest BCUT2D eigenvalue weighted by Crippen LogP contribution is 2.18. The van der Waals surface area contributed by atoms with Crippen molar-refractivity contribution in [3.8, 4) is 0 Å². The van der Waals surface area contributed by atoms with Crippen molar-refractivity contribution in [3.05, 3.63) is 0 Å². The van der Waals surface area contributed by atoms with Crippen LogP contribution in [-0.2, 0) is 4.79 Å². The van der Waals surface area contributed by atoms with Crippen LogP contribution in [0.4, 0.5) is 0 Å². The second kappa shape index (κ2) is 11.7. The minimum Gasteiger partial charge on any atom is -0.353 e. The summed E-state index contributed by atoms with van der Waals surface area (Å²) in [6.45, 7) is 2.24. The van der Waals surface area contributed by atoms with E-state index in [0.717, 1.165) is 20.7 Å². The molecule has 0 aromatic heterocycles. The van der Waals surface area contributed by atoms with Crippen molar-refractivity contribution >= 4 is 5.91 Å². The summed E-state index contributed by atoms with van der Waals surface area (Å²) in [4.78, 5) is 12.0. The number of rotatable bonds is 9. The fourth-order valence-corrected chi connectivity index (χ4v) is 8.42. The molecule has 23 heavy (non-hydrogen) atoms. The van der Waals surface area contributed by atoms with Gasteiger partial charge in [0.05, 0.1) is 0 Å².